The van der Waals surface area contributed by atoms with Gasteiger partial charge in [0.15, 0.2) is 0 Å². The summed E-state index contributed by atoms with van der Waals surface area (Å²) in [6.45, 7) is 4.25. The number of piperidine rings is 1. The van der Waals surface area contributed by atoms with Gasteiger partial charge in [0, 0.05) is 35.9 Å². The molecule has 1 aliphatic rings. The Morgan fingerprint density at radius 2 is 1.77 bits per heavy atom. The Morgan fingerprint density at radius 3 is 2.50 bits per heavy atom. The van der Waals surface area contributed by atoms with Gasteiger partial charge < -0.3 is 15.4 Å². The van der Waals surface area contributed by atoms with Gasteiger partial charge in [-0.15, -0.1) is 0 Å². The average molecular weight is 347 g/mol. The van der Waals surface area contributed by atoms with Crippen molar-refractivity contribution in [2.24, 2.45) is 0 Å². The van der Waals surface area contributed by atoms with Crippen LogP contribution in [0.25, 0.3) is 21.9 Å². The third kappa shape index (κ3) is 3.37. The molecule has 134 valence electrons. The molecule has 0 spiro atoms. The minimum absolute atomic E-state index is 0.241. The van der Waals surface area contributed by atoms with Crippen LogP contribution >= 0.6 is 0 Å². The summed E-state index contributed by atoms with van der Waals surface area (Å²) in [5.41, 5.74) is 10.0. The highest BCUT2D eigenvalue weighted by molar-refractivity contribution is 5.99. The first-order valence-electron chi connectivity index (χ1n) is 9.20. The van der Waals surface area contributed by atoms with Crippen LogP contribution in [0.15, 0.2) is 48.7 Å². The number of rotatable bonds is 3. The Kier molecular flexibility index (Phi) is 4.51. The molecule has 1 aromatic heterocycles. The van der Waals surface area contributed by atoms with Gasteiger partial charge in [-0.2, -0.15) is 0 Å². The van der Waals surface area contributed by atoms with Gasteiger partial charge in [0.05, 0.1) is 0 Å². The average Bonchev–Trinajstić information content (AvgIpc) is 2.65. The summed E-state index contributed by atoms with van der Waals surface area (Å²) in [5.74, 6) is 0.748. The standard InChI is InChI=1S/C22H25N3O/c1-15-3-8-19-20(13-15)22(26-18-9-11-25(2)12-10-18)24-14-21(19)16-4-6-17(23)7-5-16/h3-8,13-14,18H,9-12,23H2,1-2H3. The second-order valence-corrected chi connectivity index (χ2v) is 7.27. The van der Waals surface area contributed by atoms with Crippen LogP contribution in [-0.4, -0.2) is 36.1 Å². The number of fused-ring (bicyclic) bond motifs is 1. The molecule has 1 saturated heterocycles. The zero-order valence-corrected chi connectivity index (χ0v) is 15.4. The molecular weight excluding hydrogens is 322 g/mol. The first-order valence-corrected chi connectivity index (χ1v) is 9.20. The minimum atomic E-state index is 0.241. The van der Waals surface area contributed by atoms with E-state index in [1.807, 2.05) is 30.5 Å². The van der Waals surface area contributed by atoms with E-state index in [0.717, 1.165) is 54.0 Å². The van der Waals surface area contributed by atoms with E-state index in [1.54, 1.807) is 0 Å². The first-order chi connectivity index (χ1) is 12.6. The lowest BCUT2D eigenvalue weighted by molar-refractivity contribution is 0.111. The van der Waals surface area contributed by atoms with E-state index >= 15 is 0 Å². The molecular formula is C22H25N3O. The van der Waals surface area contributed by atoms with Crippen LogP contribution in [0.2, 0.25) is 0 Å². The summed E-state index contributed by atoms with van der Waals surface area (Å²) in [4.78, 5) is 7.04. The van der Waals surface area contributed by atoms with Gasteiger partial charge >= 0.3 is 0 Å². The molecule has 0 bridgehead atoms. The second-order valence-electron chi connectivity index (χ2n) is 7.27. The molecule has 3 aromatic rings. The first kappa shape index (κ1) is 16.9. The van der Waals surface area contributed by atoms with Crippen LogP contribution in [0.1, 0.15) is 18.4 Å². The Balaban J connectivity index is 1.74. The molecule has 2 aromatic carbocycles. The fraction of sp³-hybridized carbons (Fsp3) is 0.318. The number of nitrogens with zero attached hydrogens (tertiary/aromatic N) is 2. The van der Waals surface area contributed by atoms with Gasteiger partial charge in [0.1, 0.15) is 6.10 Å². The van der Waals surface area contributed by atoms with Crippen LogP contribution in [0.5, 0.6) is 5.88 Å². The molecule has 2 heterocycles. The predicted molar refractivity (Wildman–Crippen MR) is 107 cm³/mol. The van der Waals surface area contributed by atoms with Gasteiger partial charge in [-0.25, -0.2) is 4.98 Å². The zero-order chi connectivity index (χ0) is 18.1. The van der Waals surface area contributed by atoms with Gasteiger partial charge in [-0.1, -0.05) is 29.8 Å². The SMILES string of the molecule is Cc1ccc2c(-c3ccc(N)cc3)cnc(OC3CCN(C)CC3)c2c1. The summed E-state index contributed by atoms with van der Waals surface area (Å²) in [5, 5.41) is 2.25. The van der Waals surface area contributed by atoms with E-state index in [4.69, 9.17) is 15.5 Å². The summed E-state index contributed by atoms with van der Waals surface area (Å²) >= 11 is 0. The molecule has 2 N–H and O–H groups in total. The maximum atomic E-state index is 6.32. The van der Waals surface area contributed by atoms with E-state index in [-0.39, 0.29) is 6.10 Å². The molecule has 1 fully saturated rings. The molecule has 0 atom stereocenters. The van der Waals surface area contributed by atoms with E-state index in [2.05, 4.69) is 37.1 Å². The molecule has 26 heavy (non-hydrogen) atoms. The van der Waals surface area contributed by atoms with E-state index in [1.165, 1.54) is 10.9 Å². The van der Waals surface area contributed by atoms with Gasteiger partial charge in [0.2, 0.25) is 5.88 Å². The number of benzene rings is 2. The molecule has 0 unspecified atom stereocenters. The number of anilines is 1. The van der Waals surface area contributed by atoms with Crippen molar-refractivity contribution in [2.45, 2.75) is 25.9 Å². The van der Waals surface area contributed by atoms with Crippen molar-refractivity contribution in [1.82, 2.24) is 9.88 Å². The van der Waals surface area contributed by atoms with Crippen molar-refractivity contribution >= 4 is 16.5 Å². The normalized spacial score (nSPS) is 16.1. The van der Waals surface area contributed by atoms with Crippen molar-refractivity contribution in [1.29, 1.82) is 0 Å². The highest BCUT2D eigenvalue weighted by Crippen LogP contribution is 2.34. The highest BCUT2D eigenvalue weighted by Gasteiger charge is 2.20. The lowest BCUT2D eigenvalue weighted by atomic mass is 9.99. The van der Waals surface area contributed by atoms with E-state index in [0.29, 0.717) is 0 Å². The van der Waals surface area contributed by atoms with Crippen LogP contribution < -0.4 is 10.5 Å². The smallest absolute Gasteiger partial charge is 0.221 e. The Hall–Kier alpha value is -2.59. The Labute approximate surface area is 154 Å². The topological polar surface area (TPSA) is 51.4 Å². The van der Waals surface area contributed by atoms with Gasteiger partial charge in [0.25, 0.3) is 0 Å². The maximum Gasteiger partial charge on any atom is 0.221 e. The lowest BCUT2D eigenvalue weighted by Gasteiger charge is -2.29. The fourth-order valence-electron chi connectivity index (χ4n) is 3.58. The summed E-state index contributed by atoms with van der Waals surface area (Å²) in [6.07, 6.45) is 4.26. The van der Waals surface area contributed by atoms with Crippen molar-refractivity contribution in [3.8, 4) is 17.0 Å². The molecule has 4 nitrogen and oxygen atoms in total. The number of aryl methyl sites for hydroxylation is 1. The molecule has 0 saturated carbocycles. The maximum absolute atomic E-state index is 6.32. The van der Waals surface area contributed by atoms with Crippen molar-refractivity contribution in [3.05, 3.63) is 54.2 Å². The molecule has 0 radical (unpaired) electrons. The monoisotopic (exact) mass is 347 g/mol. The minimum Gasteiger partial charge on any atom is -0.474 e. The predicted octanol–water partition coefficient (Wildman–Crippen LogP) is 4.27. The lowest BCUT2D eigenvalue weighted by Crippen LogP contribution is -2.35. The number of pyridine rings is 1. The number of likely N-dealkylation sites (tertiary alicyclic amines) is 1. The summed E-state index contributed by atoms with van der Waals surface area (Å²) in [7, 11) is 2.16. The summed E-state index contributed by atoms with van der Waals surface area (Å²) < 4.78 is 6.32. The van der Waals surface area contributed by atoms with Crippen LogP contribution in [0.4, 0.5) is 5.69 Å². The third-order valence-corrected chi connectivity index (χ3v) is 5.17. The van der Waals surface area contributed by atoms with Gasteiger partial charge in [-0.05, 0) is 56.0 Å². The quantitative estimate of drug-likeness (QED) is 0.719. The fourth-order valence-corrected chi connectivity index (χ4v) is 3.58. The third-order valence-electron chi connectivity index (χ3n) is 5.17. The van der Waals surface area contributed by atoms with E-state index < -0.39 is 0 Å². The van der Waals surface area contributed by atoms with Crippen LogP contribution in [0.3, 0.4) is 0 Å². The number of hydrogen-bond acceptors (Lipinski definition) is 4. The molecule has 4 rings (SSSR count). The molecule has 1 aliphatic heterocycles. The van der Waals surface area contributed by atoms with Gasteiger partial charge in [-0.3, -0.25) is 0 Å². The Bertz CT molecular complexity index is 913. The number of nitrogens with two attached hydrogens (primary N) is 1. The molecule has 4 heteroatoms. The zero-order valence-electron chi connectivity index (χ0n) is 15.4. The van der Waals surface area contributed by atoms with Crippen LogP contribution in [-0.2, 0) is 0 Å². The molecule has 0 aliphatic carbocycles. The van der Waals surface area contributed by atoms with Crippen molar-refractivity contribution in [2.75, 3.05) is 25.9 Å². The highest BCUT2D eigenvalue weighted by atomic mass is 16.5. The van der Waals surface area contributed by atoms with E-state index in [9.17, 15) is 0 Å². The van der Waals surface area contributed by atoms with Crippen molar-refractivity contribution in [3.63, 3.8) is 0 Å². The largest absolute Gasteiger partial charge is 0.474 e. The second kappa shape index (κ2) is 6.96. The number of ether oxygens (including phenoxy) is 1. The Morgan fingerprint density at radius 1 is 1.04 bits per heavy atom. The van der Waals surface area contributed by atoms with Crippen molar-refractivity contribution < 1.29 is 4.74 Å². The molecule has 0 amide bonds. The van der Waals surface area contributed by atoms with Crippen LogP contribution in [0, 0.1) is 6.92 Å². The number of hydrogen-bond donors (Lipinski definition) is 1. The number of aromatic nitrogens is 1. The summed E-state index contributed by atoms with van der Waals surface area (Å²) in [6, 6.07) is 14.4. The number of nitrogen functional groups attached to an aromatic ring is 1.